The van der Waals surface area contributed by atoms with Gasteiger partial charge in [0, 0.05) is 19.6 Å². The van der Waals surface area contributed by atoms with Gasteiger partial charge in [-0.25, -0.2) is 0 Å². The maximum absolute atomic E-state index is 10.5. The van der Waals surface area contributed by atoms with Crippen LogP contribution in [0.2, 0.25) is 0 Å². The minimum Gasteiger partial charge on any atom is -0.381 e. The van der Waals surface area contributed by atoms with Crippen LogP contribution in [0, 0.1) is 5.92 Å². The number of hydrogen-bond donors (Lipinski definition) is 2. The number of amides is 1. The van der Waals surface area contributed by atoms with E-state index in [1.54, 1.807) is 0 Å². The van der Waals surface area contributed by atoms with E-state index in [4.69, 9.17) is 10.5 Å². The van der Waals surface area contributed by atoms with Gasteiger partial charge in [0.05, 0.1) is 0 Å². The van der Waals surface area contributed by atoms with Gasteiger partial charge < -0.3 is 15.8 Å². The summed E-state index contributed by atoms with van der Waals surface area (Å²) in [7, 11) is 0. The summed E-state index contributed by atoms with van der Waals surface area (Å²) in [6, 6.07) is 0. The van der Waals surface area contributed by atoms with Crippen LogP contribution in [0.25, 0.3) is 0 Å². The number of hydrogen-bond acceptors (Lipinski definition) is 3. The lowest BCUT2D eigenvalue weighted by atomic mass is 10.0. The van der Waals surface area contributed by atoms with Crippen molar-refractivity contribution >= 4 is 5.91 Å². The van der Waals surface area contributed by atoms with Crippen LogP contribution in [0.5, 0.6) is 0 Å². The number of nitrogens with two attached hydrogens (primary N) is 1. The Morgan fingerprint density at radius 2 is 2.07 bits per heavy atom. The molecule has 0 bridgehead atoms. The molecule has 1 saturated heterocycles. The molecule has 1 amide bonds. The van der Waals surface area contributed by atoms with Gasteiger partial charge in [-0.15, -0.1) is 0 Å². The van der Waals surface area contributed by atoms with E-state index in [-0.39, 0.29) is 5.91 Å². The lowest BCUT2D eigenvalue weighted by molar-refractivity contribution is -0.118. The van der Waals surface area contributed by atoms with Gasteiger partial charge in [0.1, 0.15) is 0 Å². The third kappa shape index (κ3) is 6.47. The number of carbonyl (C=O) groups excluding carboxylic acids is 1. The molecule has 1 aliphatic heterocycles. The Bertz CT molecular complexity index is 179. The van der Waals surface area contributed by atoms with E-state index in [1.807, 2.05) is 0 Å². The Kier molecular flexibility index (Phi) is 6.36. The van der Waals surface area contributed by atoms with Gasteiger partial charge in [0.15, 0.2) is 0 Å². The van der Waals surface area contributed by atoms with Gasteiger partial charge in [-0.2, -0.15) is 0 Å². The SMILES string of the molecule is NC(=O)CCCCNCC1CCOCC1. The number of carbonyl (C=O) groups is 1. The first-order valence-electron chi connectivity index (χ1n) is 5.86. The molecule has 1 fully saturated rings. The van der Waals surface area contributed by atoms with Crippen molar-refractivity contribution < 1.29 is 9.53 Å². The Hall–Kier alpha value is -0.610. The van der Waals surface area contributed by atoms with Crippen LogP contribution in [0.15, 0.2) is 0 Å². The second-order valence-corrected chi connectivity index (χ2v) is 4.18. The van der Waals surface area contributed by atoms with E-state index in [0.717, 1.165) is 45.1 Å². The zero-order valence-electron chi connectivity index (χ0n) is 9.34. The molecule has 1 aliphatic rings. The van der Waals surface area contributed by atoms with Gasteiger partial charge in [-0.05, 0) is 44.7 Å². The molecule has 4 heteroatoms. The van der Waals surface area contributed by atoms with E-state index >= 15 is 0 Å². The Labute approximate surface area is 91.5 Å². The first-order chi connectivity index (χ1) is 7.29. The number of nitrogens with one attached hydrogen (secondary N) is 1. The number of ether oxygens (including phenoxy) is 1. The molecule has 0 aromatic heterocycles. The summed E-state index contributed by atoms with van der Waals surface area (Å²) in [6.45, 7) is 3.90. The maximum Gasteiger partial charge on any atom is 0.217 e. The predicted octanol–water partition coefficient (Wildman–Crippen LogP) is 0.658. The third-order valence-corrected chi connectivity index (χ3v) is 2.80. The summed E-state index contributed by atoms with van der Waals surface area (Å²) >= 11 is 0. The Balaban J connectivity index is 1.85. The quantitative estimate of drug-likeness (QED) is 0.612. The molecule has 0 aliphatic carbocycles. The average Bonchev–Trinajstić information content (AvgIpc) is 2.24. The highest BCUT2D eigenvalue weighted by molar-refractivity contribution is 5.73. The van der Waals surface area contributed by atoms with Crippen molar-refractivity contribution in [2.75, 3.05) is 26.3 Å². The standard InChI is InChI=1S/C11H22N2O2/c12-11(14)3-1-2-6-13-9-10-4-7-15-8-5-10/h10,13H,1-9H2,(H2,12,14). The monoisotopic (exact) mass is 214 g/mol. The molecule has 15 heavy (non-hydrogen) atoms. The van der Waals surface area contributed by atoms with E-state index in [2.05, 4.69) is 5.32 Å². The minimum atomic E-state index is -0.195. The normalized spacial score (nSPS) is 17.9. The van der Waals surface area contributed by atoms with Crippen molar-refractivity contribution in [3.05, 3.63) is 0 Å². The van der Waals surface area contributed by atoms with Crippen LogP contribution in [0.1, 0.15) is 32.1 Å². The van der Waals surface area contributed by atoms with Crippen LogP contribution in [-0.2, 0) is 9.53 Å². The lowest BCUT2D eigenvalue weighted by Gasteiger charge is -2.22. The second-order valence-electron chi connectivity index (χ2n) is 4.18. The summed E-state index contributed by atoms with van der Waals surface area (Å²) in [6.07, 6.45) is 4.80. The molecule has 0 spiro atoms. The first-order valence-corrected chi connectivity index (χ1v) is 5.86. The smallest absolute Gasteiger partial charge is 0.217 e. The number of rotatable bonds is 7. The van der Waals surface area contributed by atoms with Crippen LogP contribution in [0.3, 0.4) is 0 Å². The van der Waals surface area contributed by atoms with Crippen LogP contribution >= 0.6 is 0 Å². The molecule has 0 aromatic carbocycles. The molecule has 1 rings (SSSR count). The zero-order valence-corrected chi connectivity index (χ0v) is 9.34. The zero-order chi connectivity index (χ0) is 10.9. The van der Waals surface area contributed by atoms with Crippen molar-refractivity contribution in [3.8, 4) is 0 Å². The van der Waals surface area contributed by atoms with Gasteiger partial charge in [0.25, 0.3) is 0 Å². The minimum absolute atomic E-state index is 0.195. The molecule has 1 heterocycles. The Morgan fingerprint density at radius 1 is 1.33 bits per heavy atom. The van der Waals surface area contributed by atoms with Gasteiger partial charge in [-0.3, -0.25) is 4.79 Å². The summed E-state index contributed by atoms with van der Waals surface area (Å²) in [4.78, 5) is 10.5. The molecular formula is C11H22N2O2. The summed E-state index contributed by atoms with van der Waals surface area (Å²) in [5.74, 6) is 0.578. The highest BCUT2D eigenvalue weighted by Gasteiger charge is 2.12. The van der Waals surface area contributed by atoms with E-state index in [0.29, 0.717) is 6.42 Å². The molecular weight excluding hydrogens is 192 g/mol. The highest BCUT2D eigenvalue weighted by Crippen LogP contribution is 2.12. The van der Waals surface area contributed by atoms with Crippen molar-refractivity contribution in [1.82, 2.24) is 5.32 Å². The fourth-order valence-electron chi connectivity index (χ4n) is 1.81. The van der Waals surface area contributed by atoms with Gasteiger partial charge >= 0.3 is 0 Å². The molecule has 4 nitrogen and oxygen atoms in total. The van der Waals surface area contributed by atoms with E-state index in [1.165, 1.54) is 12.8 Å². The van der Waals surface area contributed by atoms with Crippen LogP contribution in [0.4, 0.5) is 0 Å². The Morgan fingerprint density at radius 3 is 2.73 bits per heavy atom. The van der Waals surface area contributed by atoms with Crippen LogP contribution in [-0.4, -0.2) is 32.2 Å². The summed E-state index contributed by atoms with van der Waals surface area (Å²) < 4.78 is 5.29. The highest BCUT2D eigenvalue weighted by atomic mass is 16.5. The van der Waals surface area contributed by atoms with E-state index in [9.17, 15) is 4.79 Å². The van der Waals surface area contributed by atoms with Crippen molar-refractivity contribution in [2.24, 2.45) is 11.7 Å². The molecule has 0 saturated carbocycles. The average molecular weight is 214 g/mol. The van der Waals surface area contributed by atoms with Crippen molar-refractivity contribution in [3.63, 3.8) is 0 Å². The van der Waals surface area contributed by atoms with Crippen molar-refractivity contribution in [1.29, 1.82) is 0 Å². The maximum atomic E-state index is 10.5. The molecule has 0 aromatic rings. The predicted molar refractivity (Wildman–Crippen MR) is 59.5 cm³/mol. The molecule has 0 unspecified atom stereocenters. The summed E-state index contributed by atoms with van der Waals surface area (Å²) in [5.41, 5.74) is 5.05. The van der Waals surface area contributed by atoms with Crippen LogP contribution < -0.4 is 11.1 Å². The summed E-state index contributed by atoms with van der Waals surface area (Å²) in [5, 5.41) is 3.42. The lowest BCUT2D eigenvalue weighted by Crippen LogP contribution is -2.28. The fraction of sp³-hybridized carbons (Fsp3) is 0.909. The van der Waals surface area contributed by atoms with Gasteiger partial charge in [-0.1, -0.05) is 0 Å². The third-order valence-electron chi connectivity index (χ3n) is 2.80. The number of unbranched alkanes of at least 4 members (excludes halogenated alkanes) is 1. The van der Waals surface area contributed by atoms with Crippen molar-refractivity contribution in [2.45, 2.75) is 32.1 Å². The first kappa shape index (κ1) is 12.5. The largest absolute Gasteiger partial charge is 0.381 e. The van der Waals surface area contributed by atoms with Gasteiger partial charge in [0.2, 0.25) is 5.91 Å². The molecule has 3 N–H and O–H groups in total. The molecule has 0 radical (unpaired) electrons. The number of primary amides is 1. The molecule has 88 valence electrons. The topological polar surface area (TPSA) is 64.4 Å². The fourth-order valence-corrected chi connectivity index (χ4v) is 1.81. The second kappa shape index (κ2) is 7.65. The van der Waals surface area contributed by atoms with E-state index < -0.39 is 0 Å². The molecule has 0 atom stereocenters.